The zero-order chi connectivity index (χ0) is 11.7. The molecule has 1 saturated carbocycles. The first-order valence-corrected chi connectivity index (χ1v) is 6.58. The molecule has 1 saturated heterocycles. The van der Waals surface area contributed by atoms with Gasteiger partial charge in [-0.1, -0.05) is 19.3 Å². The lowest BCUT2D eigenvalue weighted by molar-refractivity contribution is -0.0881. The van der Waals surface area contributed by atoms with E-state index >= 15 is 0 Å². The number of hydrogen-bond acceptors (Lipinski definition) is 3. The van der Waals surface area contributed by atoms with Crippen molar-refractivity contribution in [2.24, 2.45) is 0 Å². The Morgan fingerprint density at radius 3 is 2.71 bits per heavy atom. The largest absolute Gasteiger partial charge is 0.395 e. The molecule has 1 aromatic heterocycles. The van der Waals surface area contributed by atoms with E-state index in [1.165, 1.54) is 37.8 Å². The molecule has 0 amide bonds. The first-order valence-electron chi connectivity index (χ1n) is 6.58. The van der Waals surface area contributed by atoms with Crippen LogP contribution in [0.2, 0.25) is 0 Å². The highest BCUT2D eigenvalue weighted by atomic mass is 16.5. The molecule has 2 aliphatic rings. The van der Waals surface area contributed by atoms with Gasteiger partial charge in [-0.25, -0.2) is 4.98 Å². The molecule has 3 rings (SSSR count). The summed E-state index contributed by atoms with van der Waals surface area (Å²) in [6.07, 6.45) is 8.52. The lowest BCUT2D eigenvalue weighted by Crippen LogP contribution is -2.50. The average molecular weight is 236 g/mol. The van der Waals surface area contributed by atoms with E-state index < -0.39 is 0 Å². The van der Waals surface area contributed by atoms with Gasteiger partial charge in [-0.15, -0.1) is 0 Å². The third-order valence-corrected chi connectivity index (χ3v) is 4.20. The number of hydrogen-bond donors (Lipinski definition) is 2. The lowest BCUT2D eigenvalue weighted by atomic mass is 9.85. The second-order valence-electron chi connectivity index (χ2n) is 5.45. The van der Waals surface area contributed by atoms with E-state index in [4.69, 9.17) is 4.74 Å². The van der Waals surface area contributed by atoms with Crippen LogP contribution in [0.15, 0.2) is 6.20 Å². The quantitative estimate of drug-likeness (QED) is 0.840. The number of imidazole rings is 1. The van der Waals surface area contributed by atoms with Crippen molar-refractivity contribution in [1.82, 2.24) is 9.97 Å². The number of aliphatic hydroxyl groups excluding tert-OH is 1. The molecule has 0 radical (unpaired) electrons. The molecule has 2 N–H and O–H groups in total. The number of aliphatic hydroxyl groups is 1. The fraction of sp³-hybridized carbons (Fsp3) is 0.769. The van der Waals surface area contributed by atoms with Crippen LogP contribution in [0.3, 0.4) is 0 Å². The summed E-state index contributed by atoms with van der Waals surface area (Å²) in [5.41, 5.74) is 0.992. The SMILES string of the molecule is OCC1(c2ncc(C3CCCCC3)[nH]2)COC1. The summed E-state index contributed by atoms with van der Waals surface area (Å²) in [5.74, 6) is 1.55. The van der Waals surface area contributed by atoms with Crippen LogP contribution in [0.25, 0.3) is 0 Å². The molecule has 17 heavy (non-hydrogen) atoms. The summed E-state index contributed by atoms with van der Waals surface area (Å²) in [6, 6.07) is 0. The smallest absolute Gasteiger partial charge is 0.119 e. The van der Waals surface area contributed by atoms with Gasteiger partial charge in [0.15, 0.2) is 0 Å². The van der Waals surface area contributed by atoms with Crippen molar-refractivity contribution in [2.45, 2.75) is 43.4 Å². The van der Waals surface area contributed by atoms with E-state index in [2.05, 4.69) is 9.97 Å². The summed E-state index contributed by atoms with van der Waals surface area (Å²) in [5, 5.41) is 9.47. The maximum Gasteiger partial charge on any atom is 0.119 e. The van der Waals surface area contributed by atoms with Gasteiger partial charge in [-0.05, 0) is 12.8 Å². The van der Waals surface area contributed by atoms with Crippen LogP contribution >= 0.6 is 0 Å². The third-order valence-electron chi connectivity index (χ3n) is 4.20. The van der Waals surface area contributed by atoms with Crippen molar-refractivity contribution in [3.63, 3.8) is 0 Å². The van der Waals surface area contributed by atoms with Gasteiger partial charge in [0.05, 0.1) is 25.2 Å². The molecule has 0 atom stereocenters. The Morgan fingerprint density at radius 2 is 2.12 bits per heavy atom. The Balaban J connectivity index is 1.77. The fourth-order valence-electron chi connectivity index (χ4n) is 2.88. The summed E-state index contributed by atoms with van der Waals surface area (Å²) < 4.78 is 5.22. The van der Waals surface area contributed by atoms with Crippen molar-refractivity contribution < 1.29 is 9.84 Å². The second-order valence-corrected chi connectivity index (χ2v) is 5.45. The fourth-order valence-corrected chi connectivity index (χ4v) is 2.88. The van der Waals surface area contributed by atoms with Crippen LogP contribution in [-0.2, 0) is 10.2 Å². The number of H-pyrrole nitrogens is 1. The van der Waals surface area contributed by atoms with E-state index in [0.29, 0.717) is 19.1 Å². The Labute approximate surface area is 101 Å². The minimum Gasteiger partial charge on any atom is -0.395 e. The normalized spacial score (nSPS) is 24.5. The van der Waals surface area contributed by atoms with Gasteiger partial charge in [-0.3, -0.25) is 0 Å². The van der Waals surface area contributed by atoms with E-state index in [9.17, 15) is 5.11 Å². The van der Waals surface area contributed by atoms with Crippen molar-refractivity contribution in [1.29, 1.82) is 0 Å². The number of aromatic amines is 1. The maximum absolute atomic E-state index is 9.47. The van der Waals surface area contributed by atoms with E-state index in [1.807, 2.05) is 6.20 Å². The van der Waals surface area contributed by atoms with Gasteiger partial charge in [-0.2, -0.15) is 0 Å². The maximum atomic E-state index is 9.47. The predicted octanol–water partition coefficient (Wildman–Crippen LogP) is 1.72. The van der Waals surface area contributed by atoms with Crippen molar-refractivity contribution in [3.8, 4) is 0 Å². The third kappa shape index (κ3) is 1.89. The standard InChI is InChI=1S/C13H20N2O2/c16-7-13(8-17-9-13)12-14-6-11(15-12)10-4-2-1-3-5-10/h6,10,16H,1-5,7-9H2,(H,14,15). The molecule has 0 bridgehead atoms. The molecule has 0 spiro atoms. The highest BCUT2D eigenvalue weighted by Crippen LogP contribution is 2.34. The minimum atomic E-state index is -0.257. The van der Waals surface area contributed by atoms with Gasteiger partial charge in [0, 0.05) is 17.8 Å². The van der Waals surface area contributed by atoms with Crippen LogP contribution in [0.1, 0.15) is 49.5 Å². The van der Waals surface area contributed by atoms with Crippen LogP contribution in [0, 0.1) is 0 Å². The van der Waals surface area contributed by atoms with Gasteiger partial charge in [0.1, 0.15) is 5.82 Å². The molecule has 4 nitrogen and oxygen atoms in total. The van der Waals surface area contributed by atoms with Crippen molar-refractivity contribution >= 4 is 0 Å². The summed E-state index contributed by atoms with van der Waals surface area (Å²) >= 11 is 0. The molecule has 0 aromatic carbocycles. The highest BCUT2D eigenvalue weighted by Gasteiger charge is 2.42. The minimum absolute atomic E-state index is 0.116. The van der Waals surface area contributed by atoms with Crippen LogP contribution in [-0.4, -0.2) is 34.9 Å². The molecule has 1 aliphatic heterocycles. The zero-order valence-electron chi connectivity index (χ0n) is 10.1. The molecular formula is C13H20N2O2. The first-order chi connectivity index (χ1) is 8.34. The molecule has 2 heterocycles. The Morgan fingerprint density at radius 1 is 1.35 bits per heavy atom. The van der Waals surface area contributed by atoms with Crippen LogP contribution < -0.4 is 0 Å². The second kappa shape index (κ2) is 4.42. The van der Waals surface area contributed by atoms with Crippen LogP contribution in [0.5, 0.6) is 0 Å². The topological polar surface area (TPSA) is 58.1 Å². The van der Waals surface area contributed by atoms with Crippen molar-refractivity contribution in [3.05, 3.63) is 17.7 Å². The highest BCUT2D eigenvalue weighted by molar-refractivity contribution is 5.18. The number of ether oxygens (including phenoxy) is 1. The Kier molecular flexibility index (Phi) is 2.92. The molecule has 0 unspecified atom stereocenters. The summed E-state index contributed by atoms with van der Waals surface area (Å²) in [4.78, 5) is 7.89. The Hall–Kier alpha value is -0.870. The van der Waals surface area contributed by atoms with Crippen LogP contribution in [0.4, 0.5) is 0 Å². The average Bonchev–Trinajstić information content (AvgIpc) is 2.80. The Bertz CT molecular complexity index is 373. The number of aromatic nitrogens is 2. The zero-order valence-corrected chi connectivity index (χ0v) is 10.1. The number of nitrogens with zero attached hydrogens (tertiary/aromatic N) is 1. The first kappa shape index (κ1) is 11.2. The predicted molar refractivity (Wildman–Crippen MR) is 64.0 cm³/mol. The molecule has 1 aliphatic carbocycles. The molecule has 1 aromatic rings. The molecule has 4 heteroatoms. The summed E-state index contributed by atoms with van der Waals surface area (Å²) in [6.45, 7) is 1.28. The van der Waals surface area contributed by atoms with Gasteiger partial charge >= 0.3 is 0 Å². The number of nitrogens with one attached hydrogen (secondary N) is 1. The molecule has 94 valence electrons. The van der Waals surface area contributed by atoms with E-state index in [0.717, 1.165) is 5.82 Å². The van der Waals surface area contributed by atoms with Gasteiger partial charge in [0.2, 0.25) is 0 Å². The van der Waals surface area contributed by atoms with E-state index in [1.54, 1.807) is 0 Å². The van der Waals surface area contributed by atoms with Gasteiger partial charge in [0.25, 0.3) is 0 Å². The van der Waals surface area contributed by atoms with E-state index in [-0.39, 0.29) is 12.0 Å². The molecular weight excluding hydrogens is 216 g/mol. The van der Waals surface area contributed by atoms with Crippen molar-refractivity contribution in [2.75, 3.05) is 19.8 Å². The number of rotatable bonds is 3. The lowest BCUT2D eigenvalue weighted by Gasteiger charge is -2.38. The monoisotopic (exact) mass is 236 g/mol. The summed E-state index contributed by atoms with van der Waals surface area (Å²) in [7, 11) is 0. The molecule has 2 fully saturated rings. The van der Waals surface area contributed by atoms with Gasteiger partial charge < -0.3 is 14.8 Å².